The van der Waals surface area contributed by atoms with E-state index in [0.29, 0.717) is 12.2 Å². The van der Waals surface area contributed by atoms with Crippen molar-refractivity contribution in [3.05, 3.63) is 24.3 Å². The maximum Gasteiger partial charge on any atom is 0.241 e. The van der Waals surface area contributed by atoms with Crippen molar-refractivity contribution in [1.29, 1.82) is 0 Å². The van der Waals surface area contributed by atoms with E-state index in [1.807, 2.05) is 21.0 Å². The van der Waals surface area contributed by atoms with E-state index < -0.39 is 10.0 Å². The molecule has 0 radical (unpaired) electrons. The van der Waals surface area contributed by atoms with Crippen LogP contribution in [0, 0.1) is 0 Å². The molecule has 0 aliphatic carbocycles. The van der Waals surface area contributed by atoms with Crippen molar-refractivity contribution in [1.82, 2.24) is 9.62 Å². The summed E-state index contributed by atoms with van der Waals surface area (Å²) < 4.78 is 26.9. The van der Waals surface area contributed by atoms with E-state index in [-0.39, 0.29) is 16.8 Å². The van der Waals surface area contributed by atoms with Crippen molar-refractivity contribution in [3.8, 4) is 0 Å². The molecule has 1 amide bonds. The van der Waals surface area contributed by atoms with Crippen LogP contribution >= 0.6 is 0 Å². The van der Waals surface area contributed by atoms with Crippen molar-refractivity contribution in [2.24, 2.45) is 0 Å². The fraction of sp³-hybridized carbons (Fsp3) is 0.533. The van der Waals surface area contributed by atoms with Crippen LogP contribution in [0.3, 0.4) is 0 Å². The first-order valence-electron chi connectivity index (χ1n) is 7.35. The van der Waals surface area contributed by atoms with Gasteiger partial charge in [0, 0.05) is 12.2 Å². The molecule has 0 unspecified atom stereocenters. The second-order valence-corrected chi connectivity index (χ2v) is 7.17. The van der Waals surface area contributed by atoms with Gasteiger partial charge in [0.2, 0.25) is 15.9 Å². The van der Waals surface area contributed by atoms with E-state index in [4.69, 9.17) is 0 Å². The molecular weight excluding hydrogens is 302 g/mol. The Morgan fingerprint density at radius 3 is 2.59 bits per heavy atom. The molecule has 0 saturated heterocycles. The van der Waals surface area contributed by atoms with E-state index in [1.54, 1.807) is 24.0 Å². The molecule has 0 heterocycles. The molecule has 22 heavy (non-hydrogen) atoms. The molecule has 1 atom stereocenters. The Bertz CT molecular complexity index is 600. The minimum absolute atomic E-state index is 0.152. The number of carbonyl (C=O) groups excluding carboxylic acids is 1. The van der Waals surface area contributed by atoms with Crippen LogP contribution < -0.4 is 10.0 Å². The van der Waals surface area contributed by atoms with Crippen LogP contribution in [0.5, 0.6) is 0 Å². The molecule has 0 saturated carbocycles. The van der Waals surface area contributed by atoms with Crippen LogP contribution in [0.1, 0.15) is 26.7 Å². The summed E-state index contributed by atoms with van der Waals surface area (Å²) in [4.78, 5) is 13.9. The summed E-state index contributed by atoms with van der Waals surface area (Å²) in [5.74, 6) is -0.182. The largest absolute Gasteiger partial charge is 0.325 e. The zero-order valence-electron chi connectivity index (χ0n) is 13.6. The Balaban J connectivity index is 2.84. The molecule has 2 N–H and O–H groups in total. The number of nitrogens with zero attached hydrogens (tertiary/aromatic N) is 1. The van der Waals surface area contributed by atoms with Crippen LogP contribution in [0.15, 0.2) is 29.2 Å². The molecule has 0 aromatic heterocycles. The highest BCUT2D eigenvalue weighted by Gasteiger charge is 2.17. The summed E-state index contributed by atoms with van der Waals surface area (Å²) in [6.45, 7) is 4.19. The van der Waals surface area contributed by atoms with Gasteiger partial charge in [-0.25, -0.2) is 13.1 Å². The monoisotopic (exact) mass is 327 g/mol. The number of nitrogens with one attached hydrogen (secondary N) is 2. The van der Waals surface area contributed by atoms with Gasteiger partial charge in [-0.15, -0.1) is 0 Å². The summed E-state index contributed by atoms with van der Waals surface area (Å²) in [7, 11) is 0.0775. The quantitative estimate of drug-likeness (QED) is 0.712. The fourth-order valence-corrected chi connectivity index (χ4v) is 2.81. The molecule has 1 aromatic carbocycles. The van der Waals surface area contributed by atoms with E-state index in [9.17, 15) is 13.2 Å². The Hall–Kier alpha value is -1.44. The second kappa shape index (κ2) is 8.26. The minimum Gasteiger partial charge on any atom is -0.325 e. The first-order valence-corrected chi connectivity index (χ1v) is 8.83. The van der Waals surface area contributed by atoms with Gasteiger partial charge in [0.1, 0.15) is 0 Å². The predicted octanol–water partition coefficient (Wildman–Crippen LogP) is 1.65. The molecule has 1 aromatic rings. The molecule has 0 spiro atoms. The van der Waals surface area contributed by atoms with Gasteiger partial charge in [0.25, 0.3) is 0 Å². The molecule has 124 valence electrons. The lowest BCUT2D eigenvalue weighted by atomic mass is 10.2. The Kier molecular flexibility index (Phi) is 6.99. The summed E-state index contributed by atoms with van der Waals surface area (Å²) in [6.07, 6.45) is 1.71. The van der Waals surface area contributed by atoms with Crippen molar-refractivity contribution in [2.75, 3.05) is 26.0 Å². The normalized spacial score (nSPS) is 13.1. The standard InChI is InChI=1S/C15H25N3O3S/c1-5-6-10-16-22(20,21)14-9-7-8-13(11-14)17-15(19)12(2)18(3)4/h7-9,11-12,16H,5-6,10H2,1-4H3,(H,17,19)/t12-/m1/s1. The number of carbonyl (C=O) groups is 1. The maximum atomic E-state index is 12.2. The number of rotatable bonds is 8. The Labute approximate surface area is 132 Å². The Morgan fingerprint density at radius 2 is 2.00 bits per heavy atom. The van der Waals surface area contributed by atoms with E-state index in [0.717, 1.165) is 12.8 Å². The average molecular weight is 327 g/mol. The highest BCUT2D eigenvalue weighted by Crippen LogP contribution is 2.16. The highest BCUT2D eigenvalue weighted by molar-refractivity contribution is 7.89. The molecule has 0 aliphatic rings. The zero-order valence-corrected chi connectivity index (χ0v) is 14.4. The van der Waals surface area contributed by atoms with E-state index in [1.165, 1.54) is 12.1 Å². The number of hydrogen-bond donors (Lipinski definition) is 2. The SMILES string of the molecule is CCCCNS(=O)(=O)c1cccc(NC(=O)[C@@H](C)N(C)C)c1. The average Bonchev–Trinajstić information content (AvgIpc) is 2.46. The summed E-state index contributed by atoms with van der Waals surface area (Å²) in [6, 6.07) is 5.96. The van der Waals surface area contributed by atoms with Gasteiger partial charge in [0.05, 0.1) is 10.9 Å². The van der Waals surface area contributed by atoms with Crippen molar-refractivity contribution in [3.63, 3.8) is 0 Å². The first kappa shape index (κ1) is 18.6. The van der Waals surface area contributed by atoms with Crippen LogP contribution in [-0.4, -0.2) is 45.9 Å². The van der Waals surface area contributed by atoms with Crippen molar-refractivity contribution >= 4 is 21.6 Å². The molecule has 0 aliphatic heterocycles. The second-order valence-electron chi connectivity index (χ2n) is 5.41. The number of amides is 1. The lowest BCUT2D eigenvalue weighted by Gasteiger charge is -2.19. The summed E-state index contributed by atoms with van der Waals surface area (Å²) in [5.41, 5.74) is 0.470. The molecule has 0 fully saturated rings. The Morgan fingerprint density at radius 1 is 1.32 bits per heavy atom. The third-order valence-electron chi connectivity index (χ3n) is 3.39. The summed E-state index contributed by atoms with van der Waals surface area (Å²) >= 11 is 0. The van der Waals surface area contributed by atoms with Crippen LogP contribution in [0.4, 0.5) is 5.69 Å². The smallest absolute Gasteiger partial charge is 0.241 e. The summed E-state index contributed by atoms with van der Waals surface area (Å²) in [5, 5.41) is 2.73. The highest BCUT2D eigenvalue weighted by atomic mass is 32.2. The van der Waals surface area contributed by atoms with E-state index in [2.05, 4.69) is 10.0 Å². The van der Waals surface area contributed by atoms with Crippen LogP contribution in [-0.2, 0) is 14.8 Å². The lowest BCUT2D eigenvalue weighted by molar-refractivity contribution is -0.119. The number of hydrogen-bond acceptors (Lipinski definition) is 4. The number of unbranched alkanes of at least 4 members (excludes halogenated alkanes) is 1. The van der Waals surface area contributed by atoms with Gasteiger partial charge in [-0.2, -0.15) is 0 Å². The van der Waals surface area contributed by atoms with Crippen LogP contribution in [0.2, 0.25) is 0 Å². The fourth-order valence-electron chi connectivity index (χ4n) is 1.69. The number of likely N-dealkylation sites (N-methyl/N-ethyl adjacent to an activating group) is 1. The van der Waals surface area contributed by atoms with Gasteiger partial charge in [-0.1, -0.05) is 19.4 Å². The van der Waals surface area contributed by atoms with E-state index >= 15 is 0 Å². The number of sulfonamides is 1. The third kappa shape index (κ3) is 5.40. The lowest BCUT2D eigenvalue weighted by Crippen LogP contribution is -2.37. The topological polar surface area (TPSA) is 78.5 Å². The predicted molar refractivity (Wildman–Crippen MR) is 88.3 cm³/mol. The maximum absolute atomic E-state index is 12.2. The molecule has 0 bridgehead atoms. The zero-order chi connectivity index (χ0) is 16.8. The van der Waals surface area contributed by atoms with Gasteiger partial charge in [-0.05, 0) is 45.6 Å². The molecule has 6 nitrogen and oxygen atoms in total. The van der Waals surface area contributed by atoms with Gasteiger partial charge < -0.3 is 5.32 Å². The number of anilines is 1. The minimum atomic E-state index is -3.54. The van der Waals surface area contributed by atoms with Crippen molar-refractivity contribution in [2.45, 2.75) is 37.6 Å². The van der Waals surface area contributed by atoms with Gasteiger partial charge in [0.15, 0.2) is 0 Å². The molecular formula is C15H25N3O3S. The van der Waals surface area contributed by atoms with Gasteiger partial charge in [-0.3, -0.25) is 9.69 Å². The first-order chi connectivity index (χ1) is 10.3. The van der Waals surface area contributed by atoms with Crippen LogP contribution in [0.25, 0.3) is 0 Å². The number of benzene rings is 1. The molecule has 1 rings (SSSR count). The van der Waals surface area contributed by atoms with Crippen molar-refractivity contribution < 1.29 is 13.2 Å². The van der Waals surface area contributed by atoms with Gasteiger partial charge >= 0.3 is 0 Å². The molecule has 7 heteroatoms. The third-order valence-corrected chi connectivity index (χ3v) is 4.85.